The lowest BCUT2D eigenvalue weighted by molar-refractivity contribution is 0.0992. The summed E-state index contributed by atoms with van der Waals surface area (Å²) in [6.07, 6.45) is 0.242. The van der Waals surface area contributed by atoms with Gasteiger partial charge in [0.2, 0.25) is 0 Å². The molecule has 0 aliphatic carbocycles. The van der Waals surface area contributed by atoms with Crippen molar-refractivity contribution in [3.05, 3.63) is 41.7 Å². The minimum Gasteiger partial charge on any atom is -0.494 e. The first kappa shape index (κ1) is 11.4. The van der Waals surface area contributed by atoms with Crippen LogP contribution in [0.25, 0.3) is 0 Å². The molecule has 0 amide bonds. The minimum absolute atomic E-state index is 0.135. The van der Waals surface area contributed by atoms with E-state index in [0.29, 0.717) is 5.56 Å². The Labute approximate surface area is 88.4 Å². The number of hydrogen-bond acceptors (Lipinski definition) is 2. The maximum absolute atomic E-state index is 13.2. The Balaban J connectivity index is 2.92. The van der Waals surface area contributed by atoms with Gasteiger partial charge in [0.15, 0.2) is 17.3 Å². The van der Waals surface area contributed by atoms with Gasteiger partial charge in [-0.25, -0.2) is 4.39 Å². The zero-order chi connectivity index (χ0) is 11.4. The van der Waals surface area contributed by atoms with Crippen molar-refractivity contribution in [1.82, 2.24) is 0 Å². The highest BCUT2D eigenvalue weighted by atomic mass is 19.1. The molecule has 0 heterocycles. The molecule has 0 fully saturated rings. The molecular weight excluding hydrogens is 195 g/mol. The third-order valence-corrected chi connectivity index (χ3v) is 1.94. The number of Topliss-reactive ketones (excluding diaryl/α,β-unsaturated/α-hetero) is 1. The Morgan fingerprint density at radius 1 is 1.53 bits per heavy atom. The summed E-state index contributed by atoms with van der Waals surface area (Å²) in [5.74, 6) is -0.518. The number of ether oxygens (including phenoxy) is 1. The van der Waals surface area contributed by atoms with E-state index in [9.17, 15) is 9.18 Å². The van der Waals surface area contributed by atoms with Crippen molar-refractivity contribution in [2.45, 2.75) is 13.3 Å². The third-order valence-electron chi connectivity index (χ3n) is 1.94. The molecule has 3 heteroatoms. The number of ketones is 1. The van der Waals surface area contributed by atoms with Gasteiger partial charge in [0.05, 0.1) is 7.11 Å². The summed E-state index contributed by atoms with van der Waals surface area (Å²) in [6.45, 7) is 5.40. The number of halogens is 1. The summed E-state index contributed by atoms with van der Waals surface area (Å²) in [5.41, 5.74) is 1.10. The van der Waals surface area contributed by atoms with E-state index < -0.39 is 5.82 Å². The van der Waals surface area contributed by atoms with Crippen molar-refractivity contribution >= 4 is 5.78 Å². The summed E-state index contributed by atoms with van der Waals surface area (Å²) < 4.78 is 18.0. The number of carbonyl (C=O) groups excluding carboxylic acids is 1. The van der Waals surface area contributed by atoms with E-state index in [4.69, 9.17) is 4.74 Å². The fraction of sp³-hybridized carbons (Fsp3) is 0.250. The molecule has 0 saturated carbocycles. The average molecular weight is 208 g/mol. The van der Waals surface area contributed by atoms with Crippen LogP contribution in [0.4, 0.5) is 4.39 Å². The lowest BCUT2D eigenvalue weighted by Crippen LogP contribution is -2.00. The number of allylic oxidation sites excluding steroid dienone is 1. The quantitative estimate of drug-likeness (QED) is 0.561. The molecule has 0 bridgehead atoms. The maximum atomic E-state index is 13.2. The van der Waals surface area contributed by atoms with Gasteiger partial charge in [-0.1, -0.05) is 12.2 Å². The number of carbonyl (C=O) groups is 1. The Kier molecular flexibility index (Phi) is 3.61. The van der Waals surface area contributed by atoms with Crippen molar-refractivity contribution in [1.29, 1.82) is 0 Å². The van der Waals surface area contributed by atoms with Crippen molar-refractivity contribution in [3.63, 3.8) is 0 Å². The fourth-order valence-electron chi connectivity index (χ4n) is 1.22. The van der Waals surface area contributed by atoms with E-state index >= 15 is 0 Å². The molecule has 0 saturated heterocycles. The summed E-state index contributed by atoms with van der Waals surface area (Å²) in [5, 5.41) is 0. The summed E-state index contributed by atoms with van der Waals surface area (Å²) in [6, 6.07) is 4.18. The fourth-order valence-corrected chi connectivity index (χ4v) is 1.22. The van der Waals surface area contributed by atoms with Gasteiger partial charge in [-0.15, -0.1) is 0 Å². The van der Waals surface area contributed by atoms with Gasteiger partial charge in [0.25, 0.3) is 0 Å². The summed E-state index contributed by atoms with van der Waals surface area (Å²) in [4.78, 5) is 11.5. The van der Waals surface area contributed by atoms with Gasteiger partial charge in [0.1, 0.15) is 0 Å². The smallest absolute Gasteiger partial charge is 0.166 e. The van der Waals surface area contributed by atoms with E-state index in [2.05, 4.69) is 6.58 Å². The van der Waals surface area contributed by atoms with Crippen LogP contribution in [0.5, 0.6) is 5.75 Å². The van der Waals surface area contributed by atoms with Crippen molar-refractivity contribution in [2.24, 2.45) is 0 Å². The largest absolute Gasteiger partial charge is 0.494 e. The first-order valence-electron chi connectivity index (χ1n) is 4.55. The topological polar surface area (TPSA) is 26.3 Å². The molecule has 0 N–H and O–H groups in total. The monoisotopic (exact) mass is 208 g/mol. The standard InChI is InChI=1S/C12H13FO2/c1-8(2)6-11(14)9-4-5-12(15-3)10(13)7-9/h4-5,7H,1,6H2,2-3H3. The van der Waals surface area contributed by atoms with Crippen LogP contribution in [0.1, 0.15) is 23.7 Å². The molecule has 15 heavy (non-hydrogen) atoms. The zero-order valence-electron chi connectivity index (χ0n) is 8.84. The molecule has 0 aromatic heterocycles. The molecule has 1 aromatic carbocycles. The Morgan fingerprint density at radius 3 is 2.67 bits per heavy atom. The average Bonchev–Trinajstić information content (AvgIpc) is 2.16. The molecule has 1 rings (SSSR count). The van der Waals surface area contributed by atoms with Gasteiger partial charge < -0.3 is 4.74 Å². The highest BCUT2D eigenvalue weighted by Gasteiger charge is 2.09. The molecule has 80 valence electrons. The summed E-state index contributed by atoms with van der Waals surface area (Å²) in [7, 11) is 1.38. The maximum Gasteiger partial charge on any atom is 0.166 e. The van der Waals surface area contributed by atoms with Crippen LogP contribution in [0.2, 0.25) is 0 Å². The van der Waals surface area contributed by atoms with Crippen LogP contribution in [-0.2, 0) is 0 Å². The first-order chi connectivity index (χ1) is 7.04. The highest BCUT2D eigenvalue weighted by Crippen LogP contribution is 2.19. The zero-order valence-corrected chi connectivity index (χ0v) is 8.84. The highest BCUT2D eigenvalue weighted by molar-refractivity contribution is 5.97. The molecule has 1 aromatic rings. The van der Waals surface area contributed by atoms with Crippen LogP contribution in [0.3, 0.4) is 0 Å². The van der Waals surface area contributed by atoms with Crippen LogP contribution in [0.15, 0.2) is 30.4 Å². The molecule has 0 unspecified atom stereocenters. The SMILES string of the molecule is C=C(C)CC(=O)c1ccc(OC)c(F)c1. The predicted molar refractivity (Wildman–Crippen MR) is 56.7 cm³/mol. The van der Waals surface area contributed by atoms with Gasteiger partial charge in [0, 0.05) is 12.0 Å². The van der Waals surface area contributed by atoms with Crippen LogP contribution in [0, 0.1) is 5.82 Å². The molecule has 0 radical (unpaired) electrons. The second kappa shape index (κ2) is 4.73. The second-order valence-corrected chi connectivity index (χ2v) is 3.41. The lowest BCUT2D eigenvalue weighted by atomic mass is 10.0. The molecule has 0 aliphatic rings. The van der Waals surface area contributed by atoms with Gasteiger partial charge in [-0.2, -0.15) is 0 Å². The van der Waals surface area contributed by atoms with E-state index in [0.717, 1.165) is 5.57 Å². The molecular formula is C12H13FO2. The number of rotatable bonds is 4. The van der Waals surface area contributed by atoms with Gasteiger partial charge >= 0.3 is 0 Å². The predicted octanol–water partition coefficient (Wildman–Crippen LogP) is 2.98. The van der Waals surface area contributed by atoms with Gasteiger partial charge in [-0.05, 0) is 25.1 Å². The minimum atomic E-state index is -0.523. The molecule has 0 spiro atoms. The lowest BCUT2D eigenvalue weighted by Gasteiger charge is -2.04. The van der Waals surface area contributed by atoms with E-state index in [-0.39, 0.29) is 18.0 Å². The molecule has 0 atom stereocenters. The third kappa shape index (κ3) is 2.91. The van der Waals surface area contributed by atoms with Crippen LogP contribution in [-0.4, -0.2) is 12.9 Å². The van der Waals surface area contributed by atoms with Crippen LogP contribution >= 0.6 is 0 Å². The number of hydrogen-bond donors (Lipinski definition) is 0. The van der Waals surface area contributed by atoms with E-state index in [1.54, 1.807) is 13.0 Å². The van der Waals surface area contributed by atoms with Gasteiger partial charge in [-0.3, -0.25) is 4.79 Å². The van der Waals surface area contributed by atoms with Crippen molar-refractivity contribution in [3.8, 4) is 5.75 Å². The first-order valence-corrected chi connectivity index (χ1v) is 4.55. The Morgan fingerprint density at radius 2 is 2.20 bits per heavy atom. The number of benzene rings is 1. The molecule has 2 nitrogen and oxygen atoms in total. The van der Waals surface area contributed by atoms with E-state index in [1.165, 1.54) is 19.2 Å². The van der Waals surface area contributed by atoms with E-state index in [1.807, 2.05) is 0 Å². The van der Waals surface area contributed by atoms with Crippen LogP contribution < -0.4 is 4.74 Å². The number of methoxy groups -OCH3 is 1. The normalized spacial score (nSPS) is 9.80. The van der Waals surface area contributed by atoms with Crippen molar-refractivity contribution < 1.29 is 13.9 Å². The molecule has 0 aliphatic heterocycles. The Hall–Kier alpha value is -1.64. The Bertz CT molecular complexity index is 397. The van der Waals surface area contributed by atoms with Crippen molar-refractivity contribution in [2.75, 3.05) is 7.11 Å². The second-order valence-electron chi connectivity index (χ2n) is 3.41. The summed E-state index contributed by atoms with van der Waals surface area (Å²) >= 11 is 0.